The summed E-state index contributed by atoms with van der Waals surface area (Å²) in [5.41, 5.74) is 13.6. The highest BCUT2D eigenvalue weighted by molar-refractivity contribution is 6.13. The molecule has 6 heteroatoms. The fraction of sp³-hybridized carbons (Fsp3) is 0. The number of furan rings is 1. The van der Waals surface area contributed by atoms with E-state index in [1.54, 1.807) is 0 Å². The molecule has 9 aromatic carbocycles. The lowest BCUT2D eigenvalue weighted by molar-refractivity contribution is 0.669. The Balaban J connectivity index is 0.945. The first-order chi connectivity index (χ1) is 31.2. The Morgan fingerprint density at radius 3 is 1.40 bits per heavy atom. The topological polar surface area (TPSA) is 61.7 Å². The van der Waals surface area contributed by atoms with Crippen LogP contribution in [0.2, 0.25) is 0 Å². The first-order valence-corrected chi connectivity index (χ1v) is 21.2. The van der Waals surface area contributed by atoms with Crippen molar-refractivity contribution in [3.63, 3.8) is 0 Å². The monoisotopic (exact) mass is 805 g/mol. The van der Waals surface area contributed by atoms with Gasteiger partial charge in [-0.1, -0.05) is 133 Å². The van der Waals surface area contributed by atoms with Gasteiger partial charge in [0.2, 0.25) is 0 Å². The van der Waals surface area contributed by atoms with Gasteiger partial charge < -0.3 is 13.6 Å². The number of benzene rings is 9. The van der Waals surface area contributed by atoms with Crippen molar-refractivity contribution in [2.45, 2.75) is 0 Å². The molecule has 294 valence electrons. The second kappa shape index (κ2) is 14.0. The van der Waals surface area contributed by atoms with E-state index in [0.29, 0.717) is 17.5 Å². The quantitative estimate of drug-likeness (QED) is 0.168. The van der Waals surface area contributed by atoms with Gasteiger partial charge in [-0.3, -0.25) is 0 Å². The van der Waals surface area contributed by atoms with Gasteiger partial charge in [0.25, 0.3) is 0 Å². The summed E-state index contributed by atoms with van der Waals surface area (Å²) < 4.78 is 11.3. The highest BCUT2D eigenvalue weighted by Gasteiger charge is 2.19. The summed E-state index contributed by atoms with van der Waals surface area (Å²) in [6.07, 6.45) is 0. The lowest BCUT2D eigenvalue weighted by Crippen LogP contribution is -2.00. The van der Waals surface area contributed by atoms with Crippen LogP contribution >= 0.6 is 0 Å². The summed E-state index contributed by atoms with van der Waals surface area (Å²) >= 11 is 0. The fourth-order valence-electron chi connectivity index (χ4n) is 9.42. The van der Waals surface area contributed by atoms with Gasteiger partial charge in [-0.2, -0.15) is 0 Å². The molecule has 0 atom stereocenters. The maximum absolute atomic E-state index is 6.55. The van der Waals surface area contributed by atoms with E-state index in [2.05, 4.69) is 155 Å². The second-order valence-corrected chi connectivity index (χ2v) is 16.0. The number of hydrogen-bond donors (Lipinski definition) is 0. The van der Waals surface area contributed by atoms with Gasteiger partial charge in [0, 0.05) is 60.4 Å². The van der Waals surface area contributed by atoms with Crippen molar-refractivity contribution in [1.29, 1.82) is 0 Å². The molecule has 0 amide bonds. The molecule has 0 spiro atoms. The number of rotatable bonds is 6. The number of aromatic nitrogens is 5. The van der Waals surface area contributed by atoms with E-state index in [-0.39, 0.29) is 0 Å². The van der Waals surface area contributed by atoms with E-state index in [4.69, 9.17) is 19.4 Å². The molecule has 13 rings (SSSR count). The molecule has 0 unspecified atom stereocenters. The molecule has 4 heterocycles. The van der Waals surface area contributed by atoms with E-state index in [1.807, 2.05) is 66.7 Å². The Morgan fingerprint density at radius 2 is 0.746 bits per heavy atom. The molecular weight excluding hydrogens is 771 g/mol. The van der Waals surface area contributed by atoms with Crippen LogP contribution in [0.5, 0.6) is 0 Å². The van der Waals surface area contributed by atoms with Crippen molar-refractivity contribution in [2.75, 3.05) is 0 Å². The minimum atomic E-state index is 0.593. The summed E-state index contributed by atoms with van der Waals surface area (Å²) in [6, 6.07) is 74.7. The first kappa shape index (κ1) is 35.2. The normalized spacial score (nSPS) is 11.8. The smallest absolute Gasteiger partial charge is 0.164 e. The van der Waals surface area contributed by atoms with Crippen LogP contribution in [0.1, 0.15) is 0 Å². The van der Waals surface area contributed by atoms with Gasteiger partial charge in [-0.05, 0) is 90.0 Å². The standard InChI is InChI=1S/C57H35N5O/c1-4-14-36(15-5-1)55-58-56(37-16-6-2-7-17-37)60-57(59-55)40-24-28-45-48-33-39(26-31-53(48)63-54(45)34-40)38-25-29-51-46(32-38)47-35-42(27-30-52(47)61(51)41-18-8-3-9-19-41)62-49-22-12-10-20-43(49)44-21-11-13-23-50(44)62/h1-35H. The van der Waals surface area contributed by atoms with Gasteiger partial charge in [0.05, 0.1) is 22.1 Å². The van der Waals surface area contributed by atoms with Crippen LogP contribution in [0.4, 0.5) is 0 Å². The Morgan fingerprint density at radius 1 is 0.270 bits per heavy atom. The van der Waals surface area contributed by atoms with Crippen LogP contribution in [-0.4, -0.2) is 24.1 Å². The van der Waals surface area contributed by atoms with Gasteiger partial charge in [-0.25, -0.2) is 15.0 Å². The molecule has 0 N–H and O–H groups in total. The molecule has 6 nitrogen and oxygen atoms in total. The maximum atomic E-state index is 6.55. The predicted octanol–water partition coefficient (Wildman–Crippen LogP) is 14.6. The second-order valence-electron chi connectivity index (χ2n) is 16.0. The average Bonchev–Trinajstić information content (AvgIpc) is 4.01. The highest BCUT2D eigenvalue weighted by atomic mass is 16.3. The van der Waals surface area contributed by atoms with Gasteiger partial charge in [0.15, 0.2) is 17.5 Å². The molecular formula is C57H35N5O. The molecule has 0 aliphatic rings. The molecule has 0 bridgehead atoms. The van der Waals surface area contributed by atoms with Gasteiger partial charge in [0.1, 0.15) is 11.2 Å². The molecule has 13 aromatic rings. The van der Waals surface area contributed by atoms with Crippen molar-refractivity contribution in [2.24, 2.45) is 0 Å². The lowest BCUT2D eigenvalue weighted by Gasteiger charge is -2.10. The van der Waals surface area contributed by atoms with Crippen LogP contribution in [-0.2, 0) is 0 Å². The summed E-state index contributed by atoms with van der Waals surface area (Å²) in [4.78, 5) is 14.8. The largest absolute Gasteiger partial charge is 0.456 e. The van der Waals surface area contributed by atoms with Crippen molar-refractivity contribution in [1.82, 2.24) is 24.1 Å². The van der Waals surface area contributed by atoms with Crippen molar-refractivity contribution < 1.29 is 4.42 Å². The molecule has 0 fully saturated rings. The zero-order valence-electron chi connectivity index (χ0n) is 33.9. The van der Waals surface area contributed by atoms with Crippen LogP contribution in [0.15, 0.2) is 217 Å². The number of nitrogens with zero attached hydrogens (tertiary/aromatic N) is 5. The number of para-hydroxylation sites is 3. The van der Waals surface area contributed by atoms with E-state index in [1.165, 1.54) is 32.6 Å². The minimum absolute atomic E-state index is 0.593. The van der Waals surface area contributed by atoms with Crippen LogP contribution in [0.3, 0.4) is 0 Å². The van der Waals surface area contributed by atoms with Gasteiger partial charge in [-0.15, -0.1) is 0 Å². The Labute approximate surface area is 361 Å². The average molecular weight is 806 g/mol. The molecule has 0 saturated heterocycles. The molecule has 63 heavy (non-hydrogen) atoms. The van der Waals surface area contributed by atoms with Crippen molar-refractivity contribution in [3.05, 3.63) is 212 Å². The molecule has 0 radical (unpaired) electrons. The van der Waals surface area contributed by atoms with E-state index in [9.17, 15) is 0 Å². The number of hydrogen-bond acceptors (Lipinski definition) is 4. The summed E-state index contributed by atoms with van der Waals surface area (Å²) in [5, 5.41) is 6.98. The maximum Gasteiger partial charge on any atom is 0.164 e. The van der Waals surface area contributed by atoms with E-state index >= 15 is 0 Å². The minimum Gasteiger partial charge on any atom is -0.456 e. The molecule has 0 aliphatic heterocycles. The third-order valence-corrected chi connectivity index (χ3v) is 12.4. The lowest BCUT2D eigenvalue weighted by atomic mass is 10.00. The third kappa shape index (κ3) is 5.69. The zero-order chi connectivity index (χ0) is 41.4. The Bertz CT molecular complexity index is 3790. The third-order valence-electron chi connectivity index (χ3n) is 12.4. The number of fused-ring (bicyclic) bond motifs is 9. The summed E-state index contributed by atoms with van der Waals surface area (Å²) in [7, 11) is 0. The van der Waals surface area contributed by atoms with Gasteiger partial charge >= 0.3 is 0 Å². The summed E-state index contributed by atoms with van der Waals surface area (Å²) in [6.45, 7) is 0. The highest BCUT2D eigenvalue weighted by Crippen LogP contribution is 2.40. The van der Waals surface area contributed by atoms with Crippen molar-refractivity contribution in [3.8, 4) is 56.7 Å². The first-order valence-electron chi connectivity index (χ1n) is 21.2. The Kier molecular flexibility index (Phi) is 7.80. The van der Waals surface area contributed by atoms with Crippen LogP contribution < -0.4 is 0 Å². The molecule has 0 saturated carbocycles. The van der Waals surface area contributed by atoms with Crippen LogP contribution in [0.25, 0.3) is 122 Å². The molecule has 4 aromatic heterocycles. The SMILES string of the molecule is c1ccc(-c2nc(-c3ccccc3)nc(-c3ccc4c(c3)oc3ccc(-c5ccc6c(c5)c5cc(-n7c8ccccc8c8ccccc87)ccc5n6-c5ccccc5)cc34)n2)cc1. The van der Waals surface area contributed by atoms with Crippen LogP contribution in [0, 0.1) is 0 Å². The molecule has 0 aliphatic carbocycles. The van der Waals surface area contributed by atoms with E-state index < -0.39 is 0 Å². The zero-order valence-corrected chi connectivity index (χ0v) is 33.9. The summed E-state index contributed by atoms with van der Waals surface area (Å²) in [5.74, 6) is 1.84. The fourth-order valence-corrected chi connectivity index (χ4v) is 9.42. The van der Waals surface area contributed by atoms with E-state index in [0.717, 1.165) is 72.2 Å². The Hall–Kier alpha value is -8.61. The predicted molar refractivity (Wildman–Crippen MR) is 258 cm³/mol. The van der Waals surface area contributed by atoms with Crippen molar-refractivity contribution >= 4 is 65.6 Å².